The third-order valence-electron chi connectivity index (χ3n) is 18.4. The van der Waals surface area contributed by atoms with E-state index < -0.39 is 5.41 Å². The fourth-order valence-electron chi connectivity index (χ4n) is 14.4. The molecule has 2 heteroatoms. The summed E-state index contributed by atoms with van der Waals surface area (Å²) >= 11 is 0. The van der Waals surface area contributed by atoms with Gasteiger partial charge in [-0.05, 0) is 161 Å². The zero-order chi connectivity index (χ0) is 57.4. The second kappa shape index (κ2) is 20.5. The van der Waals surface area contributed by atoms with Gasteiger partial charge in [-0.15, -0.1) is 0 Å². The Morgan fingerprint density at radius 1 is 0.195 bits per heavy atom. The first kappa shape index (κ1) is 50.2. The Labute approximate surface area is 506 Å². The van der Waals surface area contributed by atoms with Crippen LogP contribution in [0.15, 0.2) is 340 Å². The molecule has 0 saturated heterocycles. The number of hydrogen-bond acceptors (Lipinski definition) is 0. The van der Waals surface area contributed by atoms with Gasteiger partial charge in [0, 0.05) is 32.8 Å². The first-order chi connectivity index (χ1) is 43.1. The van der Waals surface area contributed by atoms with Crippen LogP contribution in [0.3, 0.4) is 0 Å². The van der Waals surface area contributed by atoms with Gasteiger partial charge in [0.15, 0.2) is 0 Å². The summed E-state index contributed by atoms with van der Waals surface area (Å²) < 4.78 is 4.87. The zero-order valence-electron chi connectivity index (χ0n) is 47.7. The van der Waals surface area contributed by atoms with E-state index in [9.17, 15) is 0 Å². The topological polar surface area (TPSA) is 9.86 Å². The predicted molar refractivity (Wildman–Crippen MR) is 365 cm³/mol. The van der Waals surface area contributed by atoms with Crippen LogP contribution in [0.25, 0.3) is 133 Å². The lowest BCUT2D eigenvalue weighted by Crippen LogP contribution is -2.28. The third-order valence-corrected chi connectivity index (χ3v) is 18.4. The number of aromatic nitrogens is 2. The van der Waals surface area contributed by atoms with Gasteiger partial charge in [0.1, 0.15) is 0 Å². The summed E-state index contributed by atoms with van der Waals surface area (Å²) in [6.07, 6.45) is 0. The van der Waals surface area contributed by atoms with Crippen molar-refractivity contribution in [2.24, 2.45) is 0 Å². The molecular weight excluding hydrogens is 1050 g/mol. The van der Waals surface area contributed by atoms with E-state index in [1.54, 1.807) is 0 Å². The Kier molecular flexibility index (Phi) is 11.8. The average Bonchev–Trinajstić information content (AvgIpc) is 1.64. The molecular formula is C85H56N2. The van der Waals surface area contributed by atoms with E-state index in [2.05, 4.69) is 349 Å². The number of para-hydroxylation sites is 3. The molecule has 0 amide bonds. The van der Waals surface area contributed by atoms with Gasteiger partial charge in [0.25, 0.3) is 0 Å². The molecule has 1 aliphatic rings. The lowest BCUT2D eigenvalue weighted by molar-refractivity contribution is 0.769. The van der Waals surface area contributed by atoms with Gasteiger partial charge >= 0.3 is 0 Å². The maximum atomic E-state index is 2.44. The summed E-state index contributed by atoms with van der Waals surface area (Å²) in [4.78, 5) is 0. The van der Waals surface area contributed by atoms with Crippen LogP contribution in [0.5, 0.6) is 0 Å². The van der Waals surface area contributed by atoms with E-state index >= 15 is 0 Å². The average molecular weight is 1110 g/mol. The molecule has 16 aromatic rings. The molecule has 87 heavy (non-hydrogen) atoms. The molecule has 2 heterocycles. The molecule has 406 valence electrons. The van der Waals surface area contributed by atoms with Gasteiger partial charge in [0.2, 0.25) is 0 Å². The van der Waals surface area contributed by atoms with Crippen molar-refractivity contribution in [3.63, 3.8) is 0 Å². The number of fused-ring (bicyclic) bond motifs is 9. The van der Waals surface area contributed by atoms with Crippen LogP contribution in [0.4, 0.5) is 0 Å². The van der Waals surface area contributed by atoms with Crippen molar-refractivity contribution in [1.82, 2.24) is 9.13 Å². The molecule has 1 aliphatic carbocycles. The highest BCUT2D eigenvalue weighted by Crippen LogP contribution is 2.57. The quantitative estimate of drug-likeness (QED) is 0.129. The Morgan fingerprint density at radius 2 is 0.552 bits per heavy atom. The minimum absolute atomic E-state index is 0.510. The summed E-state index contributed by atoms with van der Waals surface area (Å²) in [5.74, 6) is 0. The third kappa shape index (κ3) is 8.17. The maximum Gasteiger partial charge on any atom is 0.0713 e. The van der Waals surface area contributed by atoms with Gasteiger partial charge in [-0.1, -0.05) is 273 Å². The van der Waals surface area contributed by atoms with E-state index in [0.29, 0.717) is 0 Å². The normalized spacial score (nSPS) is 12.5. The van der Waals surface area contributed by atoms with Crippen LogP contribution in [0.1, 0.15) is 22.3 Å². The smallest absolute Gasteiger partial charge is 0.0713 e. The predicted octanol–water partition coefficient (Wildman–Crippen LogP) is 22.2. The standard InChI is InChI=1S/C85H56N2/c1-3-20-57(21-4-1)63-24-17-27-68(52-63)85(78-35-12-7-31-72(78)73-32-8-13-36-79(73)85)69-28-18-25-64(53-69)60-44-40-58(41-45-60)59-42-46-61(47-43-59)65-26-19-29-70(54-65)86-81-38-15-10-33-74(81)76-55-66(48-50-83(76)86)67-49-51-84-77(56-67)75-34-11-16-39-82(75)87(84)80-37-14-9-30-71(80)62-22-5-2-6-23-62/h1-56H. The highest BCUT2D eigenvalue weighted by Gasteiger charge is 2.46. The van der Waals surface area contributed by atoms with Gasteiger partial charge < -0.3 is 9.13 Å². The second-order valence-corrected chi connectivity index (χ2v) is 23.1. The fraction of sp³-hybridized carbons (Fsp3) is 0.0118. The fourth-order valence-corrected chi connectivity index (χ4v) is 14.4. The lowest BCUT2D eigenvalue weighted by Gasteiger charge is -2.34. The van der Waals surface area contributed by atoms with Crippen LogP contribution < -0.4 is 0 Å². The number of benzene rings is 14. The number of hydrogen-bond donors (Lipinski definition) is 0. The van der Waals surface area contributed by atoms with E-state index in [1.165, 1.54) is 149 Å². The van der Waals surface area contributed by atoms with Crippen LogP contribution in [-0.2, 0) is 5.41 Å². The van der Waals surface area contributed by atoms with Crippen molar-refractivity contribution in [3.8, 4) is 89.3 Å². The highest BCUT2D eigenvalue weighted by molar-refractivity contribution is 6.13. The first-order valence-corrected chi connectivity index (χ1v) is 30.1. The van der Waals surface area contributed by atoms with Gasteiger partial charge in [-0.25, -0.2) is 0 Å². The Bertz CT molecular complexity index is 5270. The molecule has 2 nitrogen and oxygen atoms in total. The van der Waals surface area contributed by atoms with E-state index in [0.717, 1.165) is 5.69 Å². The first-order valence-electron chi connectivity index (χ1n) is 30.1. The van der Waals surface area contributed by atoms with Crippen LogP contribution in [0, 0.1) is 0 Å². The maximum absolute atomic E-state index is 2.44. The zero-order valence-corrected chi connectivity index (χ0v) is 47.7. The lowest BCUT2D eigenvalue weighted by atomic mass is 9.67. The number of nitrogens with zero attached hydrogens (tertiary/aromatic N) is 2. The van der Waals surface area contributed by atoms with Crippen molar-refractivity contribution < 1.29 is 0 Å². The van der Waals surface area contributed by atoms with E-state index in [-0.39, 0.29) is 0 Å². The van der Waals surface area contributed by atoms with Gasteiger partial charge in [-0.3, -0.25) is 0 Å². The molecule has 0 N–H and O–H groups in total. The summed E-state index contributed by atoms with van der Waals surface area (Å²) in [6.45, 7) is 0. The minimum Gasteiger partial charge on any atom is -0.309 e. The molecule has 0 bridgehead atoms. The molecule has 2 aromatic heterocycles. The van der Waals surface area contributed by atoms with Crippen molar-refractivity contribution >= 4 is 43.6 Å². The summed E-state index contributed by atoms with van der Waals surface area (Å²) in [7, 11) is 0. The molecule has 17 rings (SSSR count). The Hall–Kier alpha value is -11.3. The van der Waals surface area contributed by atoms with Crippen molar-refractivity contribution in [1.29, 1.82) is 0 Å². The van der Waals surface area contributed by atoms with Crippen molar-refractivity contribution in [2.45, 2.75) is 5.41 Å². The second-order valence-electron chi connectivity index (χ2n) is 23.1. The molecule has 0 fully saturated rings. The molecule has 0 radical (unpaired) electrons. The molecule has 0 atom stereocenters. The molecule has 0 aliphatic heterocycles. The van der Waals surface area contributed by atoms with E-state index in [4.69, 9.17) is 0 Å². The monoisotopic (exact) mass is 1100 g/mol. The molecule has 0 spiro atoms. The van der Waals surface area contributed by atoms with Gasteiger partial charge in [0.05, 0.1) is 33.2 Å². The minimum atomic E-state index is -0.510. The Morgan fingerprint density at radius 3 is 1.10 bits per heavy atom. The Balaban J connectivity index is 0.675. The van der Waals surface area contributed by atoms with Crippen LogP contribution in [0.2, 0.25) is 0 Å². The molecule has 0 saturated carbocycles. The largest absolute Gasteiger partial charge is 0.309 e. The highest BCUT2D eigenvalue weighted by atomic mass is 15.0. The summed E-state index contributed by atoms with van der Waals surface area (Å²) in [5, 5.41) is 4.94. The summed E-state index contributed by atoms with van der Waals surface area (Å²) in [6, 6.07) is 126. The van der Waals surface area contributed by atoms with Crippen LogP contribution in [-0.4, -0.2) is 9.13 Å². The van der Waals surface area contributed by atoms with Crippen molar-refractivity contribution in [2.75, 3.05) is 0 Å². The summed E-state index contributed by atoms with van der Waals surface area (Å²) in [5.41, 5.74) is 28.6. The molecule has 0 unspecified atom stereocenters. The SMILES string of the molecule is c1ccc(-c2cccc(C3(c4cccc(-c5ccc(-c6ccc(-c7cccc(-n8c9ccccc9c9cc(-c%10ccc%11c(c%10)c%10ccccc%10n%11-c%10ccccc%10-c%10ccccc%10)ccc98)c7)cc6)cc5)c4)c4ccccc4-c4ccccc43)c2)cc1. The van der Waals surface area contributed by atoms with Gasteiger partial charge in [-0.2, -0.15) is 0 Å². The van der Waals surface area contributed by atoms with Crippen molar-refractivity contribution in [3.05, 3.63) is 362 Å². The number of rotatable bonds is 10. The van der Waals surface area contributed by atoms with E-state index in [1.807, 2.05) is 0 Å². The molecule has 14 aromatic carbocycles. The van der Waals surface area contributed by atoms with Crippen LogP contribution >= 0.6 is 0 Å².